The highest BCUT2D eigenvalue weighted by Gasteiger charge is 2.30. The summed E-state index contributed by atoms with van der Waals surface area (Å²) < 4.78 is 6.16. The molecule has 0 spiro atoms. The Morgan fingerprint density at radius 3 is 2.37 bits per heavy atom. The number of rotatable bonds is 4. The van der Waals surface area contributed by atoms with Gasteiger partial charge in [0.05, 0.1) is 17.3 Å². The summed E-state index contributed by atoms with van der Waals surface area (Å²) in [6.45, 7) is 4.14. The highest BCUT2D eigenvalue weighted by Crippen LogP contribution is 2.36. The zero-order chi connectivity index (χ0) is 21.3. The van der Waals surface area contributed by atoms with Gasteiger partial charge >= 0.3 is 0 Å². The van der Waals surface area contributed by atoms with E-state index in [9.17, 15) is 4.79 Å². The summed E-state index contributed by atoms with van der Waals surface area (Å²) in [5.41, 5.74) is 6.68. The molecule has 1 amide bonds. The molecule has 0 aromatic heterocycles. The Morgan fingerprint density at radius 1 is 0.933 bits per heavy atom. The molecule has 0 radical (unpaired) electrons. The fraction of sp³-hybridized carbons (Fsp3) is 0.115. The minimum Gasteiger partial charge on any atom is -0.496 e. The standard InChI is InChI=1S/C26H22BrNO2/c1-17-9-11-22(13-18(17)2)28-24(20-7-5-4-6-8-20)16-21(26(28)29)14-19-10-12-25(30-3)23(27)15-19/h4-16H,1-3H3/b21-14+. The largest absolute Gasteiger partial charge is 0.496 e. The third kappa shape index (κ3) is 3.83. The van der Waals surface area contributed by atoms with Gasteiger partial charge in [0.1, 0.15) is 5.75 Å². The molecule has 30 heavy (non-hydrogen) atoms. The summed E-state index contributed by atoms with van der Waals surface area (Å²) in [6, 6.07) is 21.9. The van der Waals surface area contributed by atoms with Gasteiger partial charge < -0.3 is 4.74 Å². The maximum Gasteiger partial charge on any atom is 0.262 e. The molecular formula is C26H22BrNO2. The number of amides is 1. The van der Waals surface area contributed by atoms with Gasteiger partial charge in [-0.2, -0.15) is 0 Å². The van der Waals surface area contributed by atoms with Crippen LogP contribution in [0.2, 0.25) is 0 Å². The number of anilines is 1. The maximum absolute atomic E-state index is 13.5. The topological polar surface area (TPSA) is 29.5 Å². The van der Waals surface area contributed by atoms with E-state index in [0.717, 1.165) is 38.3 Å². The van der Waals surface area contributed by atoms with Crippen molar-refractivity contribution in [3.8, 4) is 5.75 Å². The van der Waals surface area contributed by atoms with Crippen LogP contribution in [0.15, 0.2) is 82.9 Å². The first-order valence-corrected chi connectivity index (χ1v) is 10.5. The van der Waals surface area contributed by atoms with Gasteiger partial charge in [0.15, 0.2) is 0 Å². The first kappa shape index (κ1) is 20.2. The van der Waals surface area contributed by atoms with Crippen LogP contribution in [0.3, 0.4) is 0 Å². The average Bonchev–Trinajstić information content (AvgIpc) is 3.07. The van der Waals surface area contributed by atoms with Crippen LogP contribution in [-0.4, -0.2) is 13.0 Å². The number of hydrogen-bond donors (Lipinski definition) is 0. The highest BCUT2D eigenvalue weighted by atomic mass is 79.9. The number of ether oxygens (including phenoxy) is 1. The van der Waals surface area contributed by atoms with Gasteiger partial charge in [-0.1, -0.05) is 42.5 Å². The van der Waals surface area contributed by atoms with Crippen molar-refractivity contribution in [2.75, 3.05) is 12.0 Å². The van der Waals surface area contributed by atoms with Gasteiger partial charge in [-0.25, -0.2) is 0 Å². The number of methoxy groups -OCH3 is 1. The summed E-state index contributed by atoms with van der Waals surface area (Å²) in [5.74, 6) is 0.719. The van der Waals surface area contributed by atoms with Crippen LogP contribution in [0, 0.1) is 13.8 Å². The lowest BCUT2D eigenvalue weighted by atomic mass is 10.1. The molecule has 1 aliphatic rings. The molecule has 3 nitrogen and oxygen atoms in total. The van der Waals surface area contributed by atoms with E-state index in [4.69, 9.17) is 4.74 Å². The van der Waals surface area contributed by atoms with Crippen LogP contribution in [0.5, 0.6) is 5.75 Å². The van der Waals surface area contributed by atoms with E-state index in [1.165, 1.54) is 5.56 Å². The van der Waals surface area contributed by atoms with Gasteiger partial charge in [-0.05, 0) is 88.4 Å². The van der Waals surface area contributed by atoms with Crippen molar-refractivity contribution in [1.29, 1.82) is 0 Å². The van der Waals surface area contributed by atoms with Crippen LogP contribution >= 0.6 is 15.9 Å². The molecule has 0 aliphatic carbocycles. The lowest BCUT2D eigenvalue weighted by Crippen LogP contribution is -2.25. The van der Waals surface area contributed by atoms with Gasteiger partial charge in [0.25, 0.3) is 5.91 Å². The molecule has 0 unspecified atom stereocenters. The Morgan fingerprint density at radius 2 is 1.70 bits per heavy atom. The molecule has 4 heteroatoms. The molecule has 0 atom stereocenters. The number of carbonyl (C=O) groups is 1. The molecule has 4 rings (SSSR count). The zero-order valence-electron chi connectivity index (χ0n) is 17.1. The Balaban J connectivity index is 1.81. The molecule has 3 aromatic rings. The third-order valence-corrected chi connectivity index (χ3v) is 5.92. The van der Waals surface area contributed by atoms with Crippen molar-refractivity contribution in [3.05, 3.63) is 105 Å². The van der Waals surface area contributed by atoms with Gasteiger partial charge in [0.2, 0.25) is 0 Å². The summed E-state index contributed by atoms with van der Waals surface area (Å²) in [6.07, 6.45) is 3.88. The van der Waals surface area contributed by atoms with Crippen molar-refractivity contribution in [2.45, 2.75) is 13.8 Å². The molecular weight excluding hydrogens is 438 g/mol. The van der Waals surface area contributed by atoms with Crippen LogP contribution in [0.25, 0.3) is 11.8 Å². The lowest BCUT2D eigenvalue weighted by Gasteiger charge is -2.21. The highest BCUT2D eigenvalue weighted by molar-refractivity contribution is 9.10. The van der Waals surface area contributed by atoms with Crippen LogP contribution in [-0.2, 0) is 4.79 Å². The Hall–Kier alpha value is -3.11. The number of benzene rings is 3. The van der Waals surface area contributed by atoms with Crippen molar-refractivity contribution in [1.82, 2.24) is 0 Å². The monoisotopic (exact) mass is 459 g/mol. The molecule has 1 aliphatic heterocycles. The predicted molar refractivity (Wildman–Crippen MR) is 126 cm³/mol. The fourth-order valence-corrected chi connectivity index (χ4v) is 4.07. The van der Waals surface area contributed by atoms with Gasteiger partial charge in [-0.3, -0.25) is 9.69 Å². The molecule has 0 fully saturated rings. The fourth-order valence-electron chi connectivity index (χ4n) is 3.51. The lowest BCUT2D eigenvalue weighted by molar-refractivity contribution is -0.113. The van der Waals surface area contributed by atoms with E-state index in [1.807, 2.05) is 66.7 Å². The predicted octanol–water partition coefficient (Wildman–Crippen LogP) is 6.55. The first-order valence-electron chi connectivity index (χ1n) is 9.72. The third-order valence-electron chi connectivity index (χ3n) is 5.30. The Kier molecular flexibility index (Phi) is 5.60. The molecule has 0 bridgehead atoms. The van der Waals surface area contributed by atoms with Crippen molar-refractivity contribution in [3.63, 3.8) is 0 Å². The van der Waals surface area contributed by atoms with E-state index in [-0.39, 0.29) is 5.91 Å². The molecule has 1 heterocycles. The second-order valence-electron chi connectivity index (χ2n) is 7.30. The molecule has 3 aromatic carbocycles. The summed E-state index contributed by atoms with van der Waals surface area (Å²) in [4.78, 5) is 15.3. The first-order chi connectivity index (χ1) is 14.5. The van der Waals surface area contributed by atoms with Crippen molar-refractivity contribution >= 4 is 39.3 Å². The van der Waals surface area contributed by atoms with E-state index in [0.29, 0.717) is 5.57 Å². The van der Waals surface area contributed by atoms with Crippen LogP contribution in [0.1, 0.15) is 22.3 Å². The average molecular weight is 460 g/mol. The quantitative estimate of drug-likeness (QED) is 0.414. The SMILES string of the molecule is COc1ccc(/C=C2\C=C(c3ccccc3)N(c3ccc(C)c(C)c3)C2=O)cc1Br. The zero-order valence-corrected chi connectivity index (χ0v) is 18.7. The van der Waals surface area contributed by atoms with Gasteiger partial charge in [-0.15, -0.1) is 0 Å². The van der Waals surface area contributed by atoms with E-state index in [2.05, 4.69) is 41.9 Å². The second kappa shape index (κ2) is 8.33. The summed E-state index contributed by atoms with van der Waals surface area (Å²) in [5, 5.41) is 0. The molecule has 150 valence electrons. The second-order valence-corrected chi connectivity index (χ2v) is 8.15. The number of nitrogens with zero attached hydrogens (tertiary/aromatic N) is 1. The Bertz CT molecular complexity index is 1180. The minimum atomic E-state index is -0.0379. The summed E-state index contributed by atoms with van der Waals surface area (Å²) in [7, 11) is 1.63. The van der Waals surface area contributed by atoms with E-state index in [1.54, 1.807) is 12.0 Å². The summed E-state index contributed by atoms with van der Waals surface area (Å²) >= 11 is 3.52. The van der Waals surface area contributed by atoms with Crippen molar-refractivity contribution in [2.24, 2.45) is 0 Å². The number of halogens is 1. The van der Waals surface area contributed by atoms with Gasteiger partial charge in [0, 0.05) is 11.3 Å². The number of carbonyl (C=O) groups excluding carboxylic acids is 1. The smallest absolute Gasteiger partial charge is 0.262 e. The van der Waals surface area contributed by atoms with Crippen LogP contribution < -0.4 is 9.64 Å². The van der Waals surface area contributed by atoms with Crippen molar-refractivity contribution < 1.29 is 9.53 Å². The molecule has 0 N–H and O–H groups in total. The number of aryl methyl sites for hydroxylation is 2. The Labute approximate surface area is 185 Å². The number of hydrogen-bond acceptors (Lipinski definition) is 2. The maximum atomic E-state index is 13.5. The van der Waals surface area contributed by atoms with E-state index >= 15 is 0 Å². The van der Waals surface area contributed by atoms with Crippen LogP contribution in [0.4, 0.5) is 5.69 Å². The normalized spacial score (nSPS) is 14.9. The molecule has 0 saturated heterocycles. The minimum absolute atomic E-state index is 0.0379. The molecule has 0 saturated carbocycles. The van der Waals surface area contributed by atoms with E-state index < -0.39 is 0 Å².